The maximum atomic E-state index is 11.0. The van der Waals surface area contributed by atoms with Gasteiger partial charge in [-0.3, -0.25) is 10.1 Å². The van der Waals surface area contributed by atoms with Gasteiger partial charge in [-0.25, -0.2) is 9.13 Å². The Hall–Kier alpha value is -2.22. The number of aryl methyl sites for hydroxylation is 1. The summed E-state index contributed by atoms with van der Waals surface area (Å²) in [5.74, 6) is 0. The van der Waals surface area contributed by atoms with Gasteiger partial charge in [0.1, 0.15) is 24.6 Å². The molecule has 2 aromatic rings. The third kappa shape index (κ3) is 3.66. The molecule has 0 saturated carbocycles. The second-order valence-corrected chi connectivity index (χ2v) is 5.46. The fraction of sp³-hybridized carbons (Fsp3) is 0.308. The van der Waals surface area contributed by atoms with Gasteiger partial charge in [-0.15, -0.1) is 11.8 Å². The van der Waals surface area contributed by atoms with Gasteiger partial charge in [0.25, 0.3) is 5.69 Å². The maximum absolute atomic E-state index is 11.0. The number of nitro groups is 1. The fourth-order valence-corrected chi connectivity index (χ4v) is 2.60. The lowest BCUT2D eigenvalue weighted by molar-refractivity contribution is -0.671. The van der Waals surface area contributed by atoms with Crippen molar-refractivity contribution in [3.63, 3.8) is 0 Å². The van der Waals surface area contributed by atoms with Crippen molar-refractivity contribution < 1.29 is 9.49 Å². The molecule has 7 nitrogen and oxygen atoms in total. The van der Waals surface area contributed by atoms with Crippen LogP contribution in [0.3, 0.4) is 0 Å². The summed E-state index contributed by atoms with van der Waals surface area (Å²) in [6, 6.07) is 3.14. The van der Waals surface area contributed by atoms with E-state index in [1.165, 1.54) is 17.8 Å². The summed E-state index contributed by atoms with van der Waals surface area (Å²) in [6.07, 6.45) is 7.82. The Morgan fingerprint density at radius 2 is 2.29 bits per heavy atom. The quantitative estimate of drug-likeness (QED) is 0.278. The van der Waals surface area contributed by atoms with Crippen LogP contribution >= 0.6 is 11.8 Å². The van der Waals surface area contributed by atoms with Gasteiger partial charge in [0.05, 0.1) is 24.2 Å². The molecule has 1 aromatic carbocycles. The average molecular weight is 308 g/mol. The Balaban J connectivity index is 2.10. The normalized spacial score (nSPS) is 10.6. The number of nitro benzene ring substituents is 1. The number of benzene rings is 1. The number of anilines is 2. The van der Waals surface area contributed by atoms with E-state index in [1.54, 1.807) is 6.07 Å². The van der Waals surface area contributed by atoms with Gasteiger partial charge in [0, 0.05) is 11.0 Å². The number of hydrogen-bond donors (Lipinski definition) is 2. The van der Waals surface area contributed by atoms with Crippen LogP contribution < -0.4 is 15.6 Å². The average Bonchev–Trinajstić information content (AvgIpc) is 2.85. The van der Waals surface area contributed by atoms with E-state index in [4.69, 9.17) is 5.73 Å². The first kappa shape index (κ1) is 15.2. The van der Waals surface area contributed by atoms with E-state index < -0.39 is 4.92 Å². The second kappa shape index (κ2) is 6.49. The molecule has 0 aliphatic carbocycles. The van der Waals surface area contributed by atoms with E-state index >= 15 is 0 Å². The zero-order valence-corrected chi connectivity index (χ0v) is 12.8. The summed E-state index contributed by atoms with van der Waals surface area (Å²) >= 11 is 1.50. The van der Waals surface area contributed by atoms with Crippen LogP contribution in [0.15, 0.2) is 35.7 Å². The van der Waals surface area contributed by atoms with E-state index in [0.717, 1.165) is 17.1 Å². The minimum Gasteiger partial charge on any atom is -0.393 e. The smallest absolute Gasteiger partial charge is 0.294 e. The van der Waals surface area contributed by atoms with Crippen LogP contribution in [0.2, 0.25) is 0 Å². The third-order valence-corrected chi connectivity index (χ3v) is 3.83. The van der Waals surface area contributed by atoms with Gasteiger partial charge in [0.2, 0.25) is 6.33 Å². The van der Waals surface area contributed by atoms with Crippen molar-refractivity contribution in [2.45, 2.75) is 11.4 Å². The van der Waals surface area contributed by atoms with E-state index in [0.29, 0.717) is 6.54 Å². The summed E-state index contributed by atoms with van der Waals surface area (Å²) in [4.78, 5) is 11.4. The summed E-state index contributed by atoms with van der Waals surface area (Å²) in [5.41, 5.74) is 6.56. The Morgan fingerprint density at radius 3 is 2.86 bits per heavy atom. The van der Waals surface area contributed by atoms with Crippen LogP contribution in [-0.2, 0) is 13.6 Å². The molecule has 0 aliphatic heterocycles. The Morgan fingerprint density at radius 1 is 1.52 bits per heavy atom. The van der Waals surface area contributed by atoms with Gasteiger partial charge in [-0.1, -0.05) is 0 Å². The fourth-order valence-electron chi connectivity index (χ4n) is 2.00. The molecule has 0 fully saturated rings. The SMILES string of the molecule is CSc1cc(N)c([N+](=O)[O-])cc1NCCn1cc[n+](C)c1. The number of imidazole rings is 1. The molecule has 3 N–H and O–H groups in total. The highest BCUT2D eigenvalue weighted by molar-refractivity contribution is 7.98. The lowest BCUT2D eigenvalue weighted by atomic mass is 10.2. The zero-order chi connectivity index (χ0) is 15.4. The highest BCUT2D eigenvalue weighted by Gasteiger charge is 2.15. The molecule has 0 spiro atoms. The van der Waals surface area contributed by atoms with Crippen LogP contribution in [0.25, 0.3) is 0 Å². The van der Waals surface area contributed by atoms with Gasteiger partial charge in [-0.2, -0.15) is 0 Å². The summed E-state index contributed by atoms with van der Waals surface area (Å²) in [6.45, 7) is 1.44. The van der Waals surface area contributed by atoms with Gasteiger partial charge >= 0.3 is 0 Å². The summed E-state index contributed by atoms with van der Waals surface area (Å²) < 4.78 is 4.00. The van der Waals surface area contributed by atoms with Crippen molar-refractivity contribution >= 4 is 28.8 Å². The van der Waals surface area contributed by atoms with Crippen LogP contribution in [0.1, 0.15) is 0 Å². The molecule has 0 saturated heterocycles. The number of thioether (sulfide) groups is 1. The highest BCUT2D eigenvalue weighted by Crippen LogP contribution is 2.34. The Kier molecular flexibility index (Phi) is 4.69. The standard InChI is InChI=1S/C13H18N5O2S/c1-16-5-6-17(9-16)4-3-15-11-8-12(18(19)20)10(14)7-13(11)21-2/h5-9,15H,3-4,14H2,1-2H3/q+1. The topological polar surface area (TPSA) is 90.0 Å². The molecule has 2 rings (SSSR count). The number of nitrogen functional groups attached to an aromatic ring is 1. The largest absolute Gasteiger partial charge is 0.393 e. The molecular weight excluding hydrogens is 290 g/mol. The Bertz CT molecular complexity index is 656. The molecule has 8 heteroatoms. The van der Waals surface area contributed by atoms with Crippen molar-refractivity contribution in [1.82, 2.24) is 4.57 Å². The zero-order valence-electron chi connectivity index (χ0n) is 11.9. The van der Waals surface area contributed by atoms with Crippen molar-refractivity contribution in [3.8, 4) is 0 Å². The molecule has 0 bridgehead atoms. The highest BCUT2D eigenvalue weighted by atomic mass is 32.2. The van der Waals surface area contributed by atoms with Gasteiger partial charge in [0.15, 0.2) is 0 Å². The molecule has 1 aromatic heterocycles. The molecule has 0 unspecified atom stereocenters. The predicted molar refractivity (Wildman–Crippen MR) is 83.4 cm³/mol. The van der Waals surface area contributed by atoms with Crippen LogP contribution in [0, 0.1) is 10.1 Å². The van der Waals surface area contributed by atoms with E-state index in [9.17, 15) is 10.1 Å². The van der Waals surface area contributed by atoms with Crippen molar-refractivity contribution in [2.24, 2.45) is 7.05 Å². The molecular formula is C13H18N5O2S+. The lowest BCUT2D eigenvalue weighted by Gasteiger charge is -2.10. The maximum Gasteiger partial charge on any atom is 0.294 e. The number of nitrogens with two attached hydrogens (primary N) is 1. The van der Waals surface area contributed by atoms with E-state index in [-0.39, 0.29) is 11.4 Å². The predicted octanol–water partition coefficient (Wildman–Crippen LogP) is 1.64. The van der Waals surface area contributed by atoms with Crippen LogP contribution in [0.4, 0.5) is 17.1 Å². The van der Waals surface area contributed by atoms with E-state index in [1.807, 2.05) is 41.2 Å². The van der Waals surface area contributed by atoms with Crippen LogP contribution in [-0.4, -0.2) is 22.3 Å². The molecule has 112 valence electrons. The molecule has 1 heterocycles. The van der Waals surface area contributed by atoms with E-state index in [2.05, 4.69) is 5.32 Å². The molecule has 21 heavy (non-hydrogen) atoms. The second-order valence-electron chi connectivity index (χ2n) is 4.61. The van der Waals surface area contributed by atoms with Crippen molar-refractivity contribution in [2.75, 3.05) is 23.9 Å². The number of nitrogens with zero attached hydrogens (tertiary/aromatic N) is 3. The minimum atomic E-state index is -0.462. The third-order valence-electron chi connectivity index (χ3n) is 3.05. The first-order valence-electron chi connectivity index (χ1n) is 6.38. The molecule has 0 aliphatic rings. The molecule has 0 atom stereocenters. The molecule has 0 radical (unpaired) electrons. The Labute approximate surface area is 126 Å². The number of rotatable bonds is 6. The van der Waals surface area contributed by atoms with Crippen LogP contribution in [0.5, 0.6) is 0 Å². The lowest BCUT2D eigenvalue weighted by Crippen LogP contribution is -2.24. The molecule has 0 amide bonds. The number of hydrogen-bond acceptors (Lipinski definition) is 5. The number of aromatic nitrogens is 2. The van der Waals surface area contributed by atoms with Gasteiger partial charge < -0.3 is 11.1 Å². The monoisotopic (exact) mass is 308 g/mol. The number of nitrogens with one attached hydrogen (secondary N) is 1. The van der Waals surface area contributed by atoms with Gasteiger partial charge in [-0.05, 0) is 12.3 Å². The first-order valence-corrected chi connectivity index (χ1v) is 7.60. The van der Waals surface area contributed by atoms with Crippen molar-refractivity contribution in [3.05, 3.63) is 41.0 Å². The van der Waals surface area contributed by atoms with Crippen molar-refractivity contribution in [1.29, 1.82) is 0 Å². The summed E-state index contributed by atoms with van der Waals surface area (Å²) in [7, 11) is 1.96. The summed E-state index contributed by atoms with van der Waals surface area (Å²) in [5, 5.41) is 14.2. The first-order chi connectivity index (χ1) is 10.0. The minimum absolute atomic E-state index is 0.0670.